The predicted octanol–water partition coefficient (Wildman–Crippen LogP) is 2.99. The van der Waals surface area contributed by atoms with Gasteiger partial charge in [-0.1, -0.05) is 6.07 Å². The predicted molar refractivity (Wildman–Crippen MR) is 101 cm³/mol. The third kappa shape index (κ3) is 3.64. The summed E-state index contributed by atoms with van der Waals surface area (Å²) in [6.07, 6.45) is 3.15. The standard InChI is InChI=1S/C17H18N4O2S2/c22-25(23)9-5-12(6-10-25)11-19-15-13-4-8-24-17(13)21-16(20-15)14-3-1-2-7-18-14/h1-4,7-8,12H,5-6,9-11H2,(H,19,20,21). The van der Waals surface area contributed by atoms with E-state index in [-0.39, 0.29) is 11.5 Å². The van der Waals surface area contributed by atoms with Crippen molar-refractivity contribution in [2.75, 3.05) is 23.4 Å². The summed E-state index contributed by atoms with van der Waals surface area (Å²) in [7, 11) is -2.83. The third-order valence-corrected chi connectivity index (χ3v) is 6.97. The van der Waals surface area contributed by atoms with Gasteiger partial charge in [0.15, 0.2) is 5.82 Å². The molecule has 0 spiro atoms. The molecule has 0 bridgehead atoms. The number of pyridine rings is 1. The zero-order valence-electron chi connectivity index (χ0n) is 13.6. The molecule has 0 radical (unpaired) electrons. The molecule has 1 fully saturated rings. The zero-order chi connectivity index (χ0) is 17.3. The lowest BCUT2D eigenvalue weighted by molar-refractivity contribution is 0.484. The maximum atomic E-state index is 11.6. The van der Waals surface area contributed by atoms with Gasteiger partial charge in [-0.05, 0) is 42.3 Å². The summed E-state index contributed by atoms with van der Waals surface area (Å²) in [5.74, 6) is 2.32. The Morgan fingerprint density at radius 1 is 1.16 bits per heavy atom. The summed E-state index contributed by atoms with van der Waals surface area (Å²) in [6, 6.07) is 7.68. The highest BCUT2D eigenvalue weighted by Crippen LogP contribution is 2.28. The van der Waals surface area contributed by atoms with Crippen LogP contribution >= 0.6 is 11.3 Å². The van der Waals surface area contributed by atoms with E-state index in [0.717, 1.165) is 28.3 Å². The number of fused-ring (bicyclic) bond motifs is 1. The first kappa shape index (κ1) is 16.4. The molecule has 0 unspecified atom stereocenters. The molecule has 4 rings (SSSR count). The molecule has 1 saturated heterocycles. The summed E-state index contributed by atoms with van der Waals surface area (Å²) in [6.45, 7) is 0.721. The number of hydrogen-bond donors (Lipinski definition) is 1. The Labute approximate surface area is 150 Å². The zero-order valence-corrected chi connectivity index (χ0v) is 15.2. The number of aromatic nitrogens is 3. The molecule has 1 N–H and O–H groups in total. The van der Waals surface area contributed by atoms with Crippen LogP contribution in [0.1, 0.15) is 12.8 Å². The summed E-state index contributed by atoms with van der Waals surface area (Å²) < 4.78 is 23.1. The molecule has 6 nitrogen and oxygen atoms in total. The second-order valence-corrected chi connectivity index (χ2v) is 9.42. The Bertz CT molecular complexity index is 972. The highest BCUT2D eigenvalue weighted by molar-refractivity contribution is 7.91. The SMILES string of the molecule is O=S1(=O)CCC(CNc2nc(-c3ccccn3)nc3sccc23)CC1. The van der Waals surface area contributed by atoms with E-state index in [2.05, 4.69) is 20.3 Å². The molecule has 0 amide bonds. The van der Waals surface area contributed by atoms with Gasteiger partial charge in [0.2, 0.25) is 0 Å². The van der Waals surface area contributed by atoms with Gasteiger partial charge in [0.25, 0.3) is 0 Å². The summed E-state index contributed by atoms with van der Waals surface area (Å²) in [5, 5.41) is 6.41. The molecule has 0 aliphatic carbocycles. The maximum Gasteiger partial charge on any atom is 0.181 e. The van der Waals surface area contributed by atoms with Crippen LogP contribution in [0.5, 0.6) is 0 Å². The van der Waals surface area contributed by atoms with E-state index in [1.54, 1.807) is 17.5 Å². The maximum absolute atomic E-state index is 11.6. The van der Waals surface area contributed by atoms with E-state index in [1.807, 2.05) is 29.6 Å². The molecule has 0 saturated carbocycles. The van der Waals surface area contributed by atoms with Gasteiger partial charge in [-0.15, -0.1) is 11.3 Å². The van der Waals surface area contributed by atoms with Gasteiger partial charge in [-0.2, -0.15) is 0 Å². The van der Waals surface area contributed by atoms with E-state index < -0.39 is 9.84 Å². The second-order valence-electron chi connectivity index (χ2n) is 6.23. The van der Waals surface area contributed by atoms with Crippen LogP contribution in [0.15, 0.2) is 35.8 Å². The average molecular weight is 374 g/mol. The Hall–Kier alpha value is -2.06. The molecule has 3 aromatic heterocycles. The number of anilines is 1. The van der Waals surface area contributed by atoms with Crippen molar-refractivity contribution in [3.8, 4) is 11.5 Å². The van der Waals surface area contributed by atoms with Gasteiger partial charge >= 0.3 is 0 Å². The van der Waals surface area contributed by atoms with Crippen LogP contribution in [-0.4, -0.2) is 41.4 Å². The minimum atomic E-state index is -2.83. The number of rotatable bonds is 4. The number of nitrogens with zero attached hydrogens (tertiary/aromatic N) is 3. The minimum Gasteiger partial charge on any atom is -0.369 e. The van der Waals surface area contributed by atoms with Crippen molar-refractivity contribution in [2.45, 2.75) is 12.8 Å². The summed E-state index contributed by atoms with van der Waals surface area (Å²) >= 11 is 1.57. The molecule has 4 heterocycles. The summed E-state index contributed by atoms with van der Waals surface area (Å²) in [5.41, 5.74) is 0.740. The second kappa shape index (κ2) is 6.68. The van der Waals surface area contributed by atoms with Crippen LogP contribution < -0.4 is 5.32 Å². The number of thiophene rings is 1. The van der Waals surface area contributed by atoms with Gasteiger partial charge in [-0.25, -0.2) is 18.4 Å². The fourth-order valence-corrected chi connectivity index (χ4v) is 5.34. The van der Waals surface area contributed by atoms with E-state index in [0.29, 0.717) is 24.6 Å². The normalized spacial score (nSPS) is 17.6. The summed E-state index contributed by atoms with van der Waals surface area (Å²) in [4.78, 5) is 14.5. The van der Waals surface area contributed by atoms with Crippen LogP contribution in [0, 0.1) is 5.92 Å². The first-order valence-electron chi connectivity index (χ1n) is 8.22. The lowest BCUT2D eigenvalue weighted by Crippen LogP contribution is -2.27. The van der Waals surface area contributed by atoms with Crippen molar-refractivity contribution in [3.63, 3.8) is 0 Å². The molecule has 8 heteroatoms. The Balaban J connectivity index is 1.57. The quantitative estimate of drug-likeness (QED) is 0.756. The molecular formula is C17H18N4O2S2. The molecule has 130 valence electrons. The minimum absolute atomic E-state index is 0.288. The fraction of sp³-hybridized carbons (Fsp3) is 0.353. The highest BCUT2D eigenvalue weighted by atomic mass is 32.2. The van der Waals surface area contributed by atoms with Gasteiger partial charge in [0, 0.05) is 12.7 Å². The number of sulfone groups is 1. The highest BCUT2D eigenvalue weighted by Gasteiger charge is 2.23. The lowest BCUT2D eigenvalue weighted by Gasteiger charge is -2.22. The van der Waals surface area contributed by atoms with Crippen molar-refractivity contribution in [3.05, 3.63) is 35.8 Å². The lowest BCUT2D eigenvalue weighted by atomic mass is 10.0. The van der Waals surface area contributed by atoms with Gasteiger partial charge < -0.3 is 5.32 Å². The van der Waals surface area contributed by atoms with E-state index in [9.17, 15) is 8.42 Å². The fourth-order valence-electron chi connectivity index (χ4n) is 2.98. The number of nitrogens with one attached hydrogen (secondary N) is 1. The topological polar surface area (TPSA) is 84.8 Å². The van der Waals surface area contributed by atoms with Crippen molar-refractivity contribution in [1.29, 1.82) is 0 Å². The van der Waals surface area contributed by atoms with E-state index >= 15 is 0 Å². The largest absolute Gasteiger partial charge is 0.369 e. The molecule has 3 aromatic rings. The molecule has 1 aliphatic heterocycles. The Morgan fingerprint density at radius 2 is 2.00 bits per heavy atom. The van der Waals surface area contributed by atoms with Gasteiger partial charge in [-0.3, -0.25) is 4.98 Å². The van der Waals surface area contributed by atoms with Crippen molar-refractivity contribution >= 4 is 37.2 Å². The van der Waals surface area contributed by atoms with Crippen molar-refractivity contribution < 1.29 is 8.42 Å². The third-order valence-electron chi connectivity index (χ3n) is 4.45. The molecule has 25 heavy (non-hydrogen) atoms. The smallest absolute Gasteiger partial charge is 0.181 e. The molecular weight excluding hydrogens is 356 g/mol. The molecule has 0 atom stereocenters. The Kier molecular flexibility index (Phi) is 4.39. The van der Waals surface area contributed by atoms with Crippen LogP contribution in [0.4, 0.5) is 5.82 Å². The van der Waals surface area contributed by atoms with Crippen LogP contribution in [0.3, 0.4) is 0 Å². The molecule has 0 aromatic carbocycles. The van der Waals surface area contributed by atoms with Crippen LogP contribution in [0.2, 0.25) is 0 Å². The van der Waals surface area contributed by atoms with Crippen LogP contribution in [-0.2, 0) is 9.84 Å². The average Bonchev–Trinajstić information content (AvgIpc) is 3.10. The van der Waals surface area contributed by atoms with E-state index in [4.69, 9.17) is 0 Å². The first-order chi connectivity index (χ1) is 12.1. The van der Waals surface area contributed by atoms with Crippen molar-refractivity contribution in [2.24, 2.45) is 5.92 Å². The monoisotopic (exact) mass is 374 g/mol. The van der Waals surface area contributed by atoms with Gasteiger partial charge in [0.05, 0.1) is 16.9 Å². The van der Waals surface area contributed by atoms with Crippen LogP contribution in [0.25, 0.3) is 21.7 Å². The van der Waals surface area contributed by atoms with Gasteiger partial charge in [0.1, 0.15) is 26.2 Å². The number of hydrogen-bond acceptors (Lipinski definition) is 7. The first-order valence-corrected chi connectivity index (χ1v) is 10.9. The Morgan fingerprint density at radius 3 is 2.76 bits per heavy atom. The molecule has 1 aliphatic rings. The van der Waals surface area contributed by atoms with E-state index in [1.165, 1.54) is 0 Å². The van der Waals surface area contributed by atoms with Crippen molar-refractivity contribution in [1.82, 2.24) is 15.0 Å².